The van der Waals surface area contributed by atoms with E-state index in [1.807, 2.05) is 24.3 Å². The van der Waals surface area contributed by atoms with Gasteiger partial charge in [-0.3, -0.25) is 4.79 Å². The molecular weight excluding hydrogens is 276 g/mol. The molecule has 1 aliphatic carbocycles. The number of amides is 1. The van der Waals surface area contributed by atoms with E-state index in [-0.39, 0.29) is 11.8 Å². The van der Waals surface area contributed by atoms with Crippen LogP contribution in [0.15, 0.2) is 24.3 Å². The predicted octanol–water partition coefficient (Wildman–Crippen LogP) is 3.02. The van der Waals surface area contributed by atoms with Crippen molar-refractivity contribution in [1.29, 1.82) is 0 Å². The van der Waals surface area contributed by atoms with Crippen LogP contribution in [0.3, 0.4) is 0 Å². The number of hydrogen-bond donors (Lipinski definition) is 1. The maximum Gasteiger partial charge on any atom is 0.227 e. The van der Waals surface area contributed by atoms with Crippen LogP contribution in [0.25, 0.3) is 11.4 Å². The second-order valence-corrected chi connectivity index (χ2v) is 6.25. The number of anilines is 1. The number of carbonyl (C=O) groups is 1. The Morgan fingerprint density at radius 2 is 2.09 bits per heavy atom. The topological polar surface area (TPSA) is 59.8 Å². The average molecular weight is 296 g/mol. The van der Waals surface area contributed by atoms with E-state index in [0.29, 0.717) is 0 Å². The number of fused-ring (bicyclic) bond motifs is 1. The van der Waals surface area contributed by atoms with E-state index in [1.165, 1.54) is 19.3 Å². The molecule has 22 heavy (non-hydrogen) atoms. The predicted molar refractivity (Wildman–Crippen MR) is 84.4 cm³/mol. The van der Waals surface area contributed by atoms with Gasteiger partial charge in [0.2, 0.25) is 5.91 Å². The number of hydrogen-bond acceptors (Lipinski definition) is 3. The molecule has 1 saturated carbocycles. The molecule has 0 unspecified atom stereocenters. The van der Waals surface area contributed by atoms with Crippen molar-refractivity contribution in [3.63, 3.8) is 0 Å². The minimum atomic E-state index is 0.136. The maximum atomic E-state index is 11.9. The highest BCUT2D eigenvalue weighted by atomic mass is 16.2. The van der Waals surface area contributed by atoms with Crippen molar-refractivity contribution in [2.24, 2.45) is 5.92 Å². The van der Waals surface area contributed by atoms with Gasteiger partial charge in [0, 0.05) is 30.1 Å². The Morgan fingerprint density at radius 1 is 1.18 bits per heavy atom. The number of aromatic nitrogens is 3. The van der Waals surface area contributed by atoms with Gasteiger partial charge in [-0.05, 0) is 37.8 Å². The first kappa shape index (κ1) is 13.5. The van der Waals surface area contributed by atoms with Crippen molar-refractivity contribution < 1.29 is 4.79 Å². The maximum absolute atomic E-state index is 11.9. The monoisotopic (exact) mass is 296 g/mol. The van der Waals surface area contributed by atoms with Crippen LogP contribution in [-0.4, -0.2) is 20.7 Å². The second kappa shape index (κ2) is 5.55. The highest BCUT2D eigenvalue weighted by molar-refractivity contribution is 5.94. The lowest BCUT2D eigenvalue weighted by Gasteiger charge is -2.09. The molecule has 0 radical (unpaired) electrons. The summed E-state index contributed by atoms with van der Waals surface area (Å²) in [4.78, 5) is 11.9. The zero-order chi connectivity index (χ0) is 14.9. The molecule has 5 nitrogen and oxygen atoms in total. The molecule has 2 aliphatic rings. The van der Waals surface area contributed by atoms with Crippen molar-refractivity contribution in [3.05, 3.63) is 30.1 Å². The molecule has 0 atom stereocenters. The smallest absolute Gasteiger partial charge is 0.227 e. The van der Waals surface area contributed by atoms with Crippen LogP contribution in [0.1, 0.15) is 37.9 Å². The van der Waals surface area contributed by atoms with E-state index < -0.39 is 0 Å². The Balaban J connectivity index is 1.62. The third kappa shape index (κ3) is 2.63. The zero-order valence-electron chi connectivity index (χ0n) is 12.6. The van der Waals surface area contributed by atoms with Crippen molar-refractivity contribution in [1.82, 2.24) is 14.8 Å². The largest absolute Gasteiger partial charge is 0.326 e. The normalized spacial score (nSPS) is 17.6. The quantitative estimate of drug-likeness (QED) is 0.947. The molecular formula is C17H20N4O. The lowest BCUT2D eigenvalue weighted by atomic mass is 10.2. The first-order valence-electron chi connectivity index (χ1n) is 8.14. The summed E-state index contributed by atoms with van der Waals surface area (Å²) >= 11 is 0. The molecule has 114 valence electrons. The van der Waals surface area contributed by atoms with Crippen LogP contribution in [0, 0.1) is 5.92 Å². The molecule has 1 aromatic heterocycles. The number of nitrogens with one attached hydrogen (secondary N) is 1. The average Bonchev–Trinajstić information content (AvgIpc) is 3.33. The molecule has 2 heterocycles. The fourth-order valence-corrected chi connectivity index (χ4v) is 3.02. The van der Waals surface area contributed by atoms with E-state index >= 15 is 0 Å². The minimum Gasteiger partial charge on any atom is -0.326 e. The fourth-order valence-electron chi connectivity index (χ4n) is 3.02. The molecule has 0 saturated heterocycles. The lowest BCUT2D eigenvalue weighted by molar-refractivity contribution is -0.117. The number of carbonyl (C=O) groups excluding carboxylic acids is 1. The van der Waals surface area contributed by atoms with E-state index in [0.717, 1.165) is 48.7 Å². The number of benzene rings is 1. The summed E-state index contributed by atoms with van der Waals surface area (Å²) in [5.41, 5.74) is 1.87. The molecule has 4 rings (SSSR count). The fraction of sp³-hybridized carbons (Fsp3) is 0.471. The number of nitrogens with zero attached hydrogens (tertiary/aromatic N) is 3. The van der Waals surface area contributed by atoms with Gasteiger partial charge in [0.05, 0.1) is 0 Å². The van der Waals surface area contributed by atoms with Gasteiger partial charge < -0.3 is 9.88 Å². The molecule has 1 aliphatic heterocycles. The van der Waals surface area contributed by atoms with Crippen molar-refractivity contribution in [2.45, 2.75) is 45.1 Å². The molecule has 1 fully saturated rings. The van der Waals surface area contributed by atoms with Crippen LogP contribution in [0.4, 0.5) is 5.69 Å². The standard InChI is InChI=1S/C17H20N4O/c22-17(12-8-9-12)18-14-6-4-5-13(11-14)16-20-19-15-7-2-1-3-10-21(15)16/h4-6,11-12H,1-3,7-10H2,(H,18,22). The summed E-state index contributed by atoms with van der Waals surface area (Å²) in [5, 5.41) is 11.7. The van der Waals surface area contributed by atoms with Gasteiger partial charge in [0.25, 0.3) is 0 Å². The highest BCUT2D eigenvalue weighted by Gasteiger charge is 2.29. The van der Waals surface area contributed by atoms with Gasteiger partial charge in [0.15, 0.2) is 5.82 Å². The van der Waals surface area contributed by atoms with Gasteiger partial charge in [-0.25, -0.2) is 0 Å². The Labute approximate surface area is 129 Å². The van der Waals surface area contributed by atoms with Crippen LogP contribution >= 0.6 is 0 Å². The first-order valence-corrected chi connectivity index (χ1v) is 8.14. The van der Waals surface area contributed by atoms with Crippen LogP contribution in [-0.2, 0) is 17.8 Å². The summed E-state index contributed by atoms with van der Waals surface area (Å²) in [7, 11) is 0. The number of aryl methyl sites for hydroxylation is 1. The lowest BCUT2D eigenvalue weighted by Crippen LogP contribution is -2.13. The van der Waals surface area contributed by atoms with E-state index in [4.69, 9.17) is 0 Å². The summed E-state index contributed by atoms with van der Waals surface area (Å²) in [6.45, 7) is 0.982. The molecule has 1 N–H and O–H groups in total. The van der Waals surface area contributed by atoms with Crippen LogP contribution < -0.4 is 5.32 Å². The molecule has 5 heteroatoms. The zero-order valence-corrected chi connectivity index (χ0v) is 12.6. The summed E-state index contributed by atoms with van der Waals surface area (Å²) < 4.78 is 2.23. The second-order valence-electron chi connectivity index (χ2n) is 6.25. The first-order chi connectivity index (χ1) is 10.8. The molecule has 1 amide bonds. The van der Waals surface area contributed by atoms with Crippen molar-refractivity contribution in [3.8, 4) is 11.4 Å². The summed E-state index contributed by atoms with van der Waals surface area (Å²) in [5.74, 6) is 2.35. The van der Waals surface area contributed by atoms with Gasteiger partial charge in [-0.1, -0.05) is 18.6 Å². The third-order valence-electron chi connectivity index (χ3n) is 4.45. The van der Waals surface area contributed by atoms with E-state index in [2.05, 4.69) is 20.1 Å². The molecule has 1 aromatic carbocycles. The van der Waals surface area contributed by atoms with Crippen LogP contribution in [0.5, 0.6) is 0 Å². The molecule has 0 spiro atoms. The Bertz CT molecular complexity index is 702. The van der Waals surface area contributed by atoms with Crippen molar-refractivity contribution >= 4 is 11.6 Å². The van der Waals surface area contributed by atoms with Crippen LogP contribution in [0.2, 0.25) is 0 Å². The Kier molecular flexibility index (Phi) is 3.41. The van der Waals surface area contributed by atoms with Gasteiger partial charge in [0.1, 0.15) is 5.82 Å². The van der Waals surface area contributed by atoms with Crippen molar-refractivity contribution in [2.75, 3.05) is 5.32 Å². The van der Waals surface area contributed by atoms with Gasteiger partial charge in [-0.2, -0.15) is 0 Å². The van der Waals surface area contributed by atoms with Gasteiger partial charge in [-0.15, -0.1) is 10.2 Å². The van der Waals surface area contributed by atoms with E-state index in [1.54, 1.807) is 0 Å². The summed E-state index contributed by atoms with van der Waals surface area (Å²) in [6, 6.07) is 7.94. The highest BCUT2D eigenvalue weighted by Crippen LogP contribution is 2.31. The number of rotatable bonds is 3. The van der Waals surface area contributed by atoms with E-state index in [9.17, 15) is 4.79 Å². The Hall–Kier alpha value is -2.17. The molecule has 2 aromatic rings. The SMILES string of the molecule is O=C(Nc1cccc(-c2nnc3n2CCCCC3)c1)C1CC1. The minimum absolute atomic E-state index is 0.136. The molecule has 0 bridgehead atoms. The Morgan fingerprint density at radius 3 is 2.95 bits per heavy atom. The van der Waals surface area contributed by atoms with Gasteiger partial charge >= 0.3 is 0 Å². The summed E-state index contributed by atoms with van der Waals surface area (Å²) in [6.07, 6.45) is 6.66. The third-order valence-corrected chi connectivity index (χ3v) is 4.45.